The summed E-state index contributed by atoms with van der Waals surface area (Å²) < 4.78 is 2.39. The van der Waals surface area contributed by atoms with Crippen LogP contribution in [0, 0.1) is 0 Å². The highest BCUT2D eigenvalue weighted by Gasteiger charge is 2.29. The maximum atomic E-state index is 2.48. The molecule has 1 aromatic heterocycles. The van der Waals surface area contributed by atoms with Gasteiger partial charge in [0.1, 0.15) is 8.07 Å². The average molecular weight is 510 g/mol. The highest BCUT2D eigenvalue weighted by Crippen LogP contribution is 2.39. The molecule has 4 heteroatoms. The molecule has 0 bridgehead atoms. The molecule has 6 aromatic rings. The molecule has 0 atom stereocenters. The van der Waals surface area contributed by atoms with Crippen LogP contribution in [0.3, 0.4) is 0 Å². The van der Waals surface area contributed by atoms with E-state index in [4.69, 9.17) is 0 Å². The number of benzene rings is 5. The Morgan fingerprint density at radius 3 is 2.05 bits per heavy atom. The van der Waals surface area contributed by atoms with E-state index in [9.17, 15) is 0 Å². The lowest BCUT2D eigenvalue weighted by molar-refractivity contribution is 0.950. The molecule has 0 spiro atoms. The second kappa shape index (κ2) is 8.64. The van der Waals surface area contributed by atoms with Crippen LogP contribution >= 0.6 is 0 Å². The van der Waals surface area contributed by atoms with Crippen molar-refractivity contribution in [1.29, 1.82) is 0 Å². The molecule has 1 aliphatic heterocycles. The molecule has 0 saturated heterocycles. The van der Waals surface area contributed by atoms with Crippen molar-refractivity contribution in [3.8, 4) is 5.69 Å². The number of hydrogen-bond acceptors (Lipinski definition) is 2. The Hall–Kier alpha value is -4.28. The number of anilines is 3. The summed E-state index contributed by atoms with van der Waals surface area (Å²) in [6.45, 7) is 5.83. The molecule has 2 heterocycles. The molecule has 3 nitrogen and oxygen atoms in total. The third kappa shape index (κ3) is 3.48. The van der Waals surface area contributed by atoms with E-state index in [-0.39, 0.29) is 0 Å². The number of rotatable bonds is 4. The zero-order chi connectivity index (χ0) is 25.9. The summed E-state index contributed by atoms with van der Waals surface area (Å²) >= 11 is 0. The zero-order valence-electron chi connectivity index (χ0n) is 22.1. The van der Waals surface area contributed by atoms with Crippen molar-refractivity contribution in [1.82, 2.24) is 4.57 Å². The van der Waals surface area contributed by atoms with Gasteiger partial charge in [0.15, 0.2) is 0 Å². The van der Waals surface area contributed by atoms with E-state index in [0.717, 1.165) is 6.67 Å². The van der Waals surface area contributed by atoms with Gasteiger partial charge in [0.25, 0.3) is 0 Å². The molecule has 0 amide bonds. The summed E-state index contributed by atoms with van der Waals surface area (Å²) in [6.07, 6.45) is 0. The molecule has 0 aliphatic carbocycles. The van der Waals surface area contributed by atoms with Crippen LogP contribution in [-0.4, -0.2) is 26.4 Å². The maximum absolute atomic E-state index is 2.48. The van der Waals surface area contributed by atoms with Crippen LogP contribution in [0.2, 0.25) is 13.1 Å². The van der Waals surface area contributed by atoms with Crippen LogP contribution in [-0.2, 0) is 0 Å². The van der Waals surface area contributed by atoms with Crippen molar-refractivity contribution in [3.05, 3.63) is 121 Å². The SMILES string of the molecule is CN1CN(c2cccc([Si](C)(C)c3ccc4c(c3)c3ccccc3n4-c3ccccc3)c2)c2ccccc21. The van der Waals surface area contributed by atoms with Crippen LogP contribution < -0.4 is 20.2 Å². The second-order valence-corrected chi connectivity index (χ2v) is 15.3. The van der Waals surface area contributed by atoms with Gasteiger partial charge in [-0.15, -0.1) is 0 Å². The summed E-state index contributed by atoms with van der Waals surface area (Å²) in [5.41, 5.74) is 7.55. The van der Waals surface area contributed by atoms with Crippen LogP contribution in [0.15, 0.2) is 121 Å². The van der Waals surface area contributed by atoms with Crippen molar-refractivity contribution in [2.45, 2.75) is 13.1 Å². The van der Waals surface area contributed by atoms with Crippen LogP contribution in [0.25, 0.3) is 27.5 Å². The third-order valence-corrected chi connectivity index (χ3v) is 11.7. The summed E-state index contributed by atoms with van der Waals surface area (Å²) in [6, 6.07) is 44.6. The van der Waals surface area contributed by atoms with Gasteiger partial charge in [-0.1, -0.05) is 96.3 Å². The lowest BCUT2D eigenvalue weighted by Crippen LogP contribution is -2.52. The maximum Gasteiger partial charge on any atom is 0.112 e. The van der Waals surface area contributed by atoms with Gasteiger partial charge in [-0.3, -0.25) is 0 Å². The standard InChI is InChI=1S/C34H31N3Si/c1-35-24-36(34-19-10-9-18-33(34)35)26-14-11-15-27(22-26)38(2,3)28-20-21-32-30(23-28)29-16-7-8-17-31(29)37(32)25-12-5-4-6-13-25/h4-23H,24H2,1-3H3. The first-order valence-corrected chi connectivity index (χ1v) is 16.3. The summed E-state index contributed by atoms with van der Waals surface area (Å²) in [5.74, 6) is 0. The number of para-hydroxylation sites is 4. The average Bonchev–Trinajstić information content (AvgIpc) is 3.48. The van der Waals surface area contributed by atoms with E-state index < -0.39 is 8.07 Å². The predicted octanol–water partition coefficient (Wildman–Crippen LogP) is 7.15. The van der Waals surface area contributed by atoms with E-state index in [1.54, 1.807) is 0 Å². The lowest BCUT2D eigenvalue weighted by atomic mass is 10.1. The normalized spacial score (nSPS) is 13.4. The molecule has 0 N–H and O–H groups in total. The summed E-state index contributed by atoms with van der Waals surface area (Å²) in [7, 11) is 0.199. The Kier molecular flexibility index (Phi) is 5.20. The Morgan fingerprint density at radius 2 is 1.21 bits per heavy atom. The van der Waals surface area contributed by atoms with Gasteiger partial charge in [-0.2, -0.15) is 0 Å². The molecular weight excluding hydrogens is 478 g/mol. The molecule has 0 radical (unpaired) electrons. The largest absolute Gasteiger partial charge is 0.355 e. The molecule has 38 heavy (non-hydrogen) atoms. The van der Waals surface area contributed by atoms with Gasteiger partial charge in [0.05, 0.1) is 29.1 Å². The van der Waals surface area contributed by atoms with Gasteiger partial charge in [0.2, 0.25) is 0 Å². The molecular formula is C34H31N3Si. The lowest BCUT2D eigenvalue weighted by Gasteiger charge is -2.27. The monoisotopic (exact) mass is 509 g/mol. The van der Waals surface area contributed by atoms with E-state index in [0.29, 0.717) is 0 Å². The number of hydrogen-bond donors (Lipinski definition) is 0. The van der Waals surface area contributed by atoms with Crippen LogP contribution in [0.1, 0.15) is 0 Å². The molecule has 5 aromatic carbocycles. The number of nitrogens with zero attached hydrogens (tertiary/aromatic N) is 3. The summed E-state index contributed by atoms with van der Waals surface area (Å²) in [4.78, 5) is 4.75. The fourth-order valence-corrected chi connectivity index (χ4v) is 8.41. The van der Waals surface area contributed by atoms with Crippen molar-refractivity contribution in [2.24, 2.45) is 0 Å². The Labute approximate surface area is 225 Å². The molecule has 186 valence electrons. The molecule has 7 rings (SSSR count). The smallest absolute Gasteiger partial charge is 0.112 e. The number of fused-ring (bicyclic) bond motifs is 4. The highest BCUT2D eigenvalue weighted by atomic mass is 28.3. The van der Waals surface area contributed by atoms with Gasteiger partial charge in [-0.05, 0) is 48.5 Å². The first-order chi connectivity index (χ1) is 18.5. The molecule has 0 unspecified atom stereocenters. The van der Waals surface area contributed by atoms with Gasteiger partial charge in [-0.25, -0.2) is 0 Å². The highest BCUT2D eigenvalue weighted by molar-refractivity contribution is 7.00. The van der Waals surface area contributed by atoms with Gasteiger partial charge in [0, 0.05) is 29.2 Å². The summed E-state index contributed by atoms with van der Waals surface area (Å²) in [5, 5.41) is 5.54. The first-order valence-electron chi connectivity index (χ1n) is 13.3. The minimum absolute atomic E-state index is 0.871. The van der Waals surface area contributed by atoms with Gasteiger partial charge >= 0.3 is 0 Å². The Balaban J connectivity index is 1.34. The van der Waals surface area contributed by atoms with Crippen LogP contribution in [0.4, 0.5) is 17.1 Å². The third-order valence-electron chi connectivity index (χ3n) is 8.23. The predicted molar refractivity (Wildman–Crippen MR) is 166 cm³/mol. The van der Waals surface area contributed by atoms with Crippen LogP contribution in [0.5, 0.6) is 0 Å². The zero-order valence-corrected chi connectivity index (χ0v) is 23.1. The first kappa shape index (κ1) is 22.9. The van der Waals surface area contributed by atoms with Gasteiger partial charge < -0.3 is 14.4 Å². The quantitative estimate of drug-likeness (QED) is 0.234. The Bertz CT molecular complexity index is 1800. The van der Waals surface area contributed by atoms with Crippen molar-refractivity contribution < 1.29 is 0 Å². The van der Waals surface area contributed by atoms with Crippen molar-refractivity contribution >= 4 is 57.3 Å². The molecule has 1 aliphatic rings. The number of aromatic nitrogens is 1. The Morgan fingerprint density at radius 1 is 0.553 bits per heavy atom. The second-order valence-electron chi connectivity index (χ2n) is 10.9. The van der Waals surface area contributed by atoms with Crippen molar-refractivity contribution in [2.75, 3.05) is 23.5 Å². The van der Waals surface area contributed by atoms with E-state index in [2.05, 4.69) is 156 Å². The van der Waals surface area contributed by atoms with E-state index in [1.165, 1.54) is 54.9 Å². The fraction of sp³-hybridized carbons (Fsp3) is 0.118. The molecule has 0 saturated carbocycles. The molecule has 0 fully saturated rings. The van der Waals surface area contributed by atoms with E-state index in [1.807, 2.05) is 0 Å². The van der Waals surface area contributed by atoms with Crippen molar-refractivity contribution in [3.63, 3.8) is 0 Å². The van der Waals surface area contributed by atoms with E-state index >= 15 is 0 Å². The topological polar surface area (TPSA) is 11.4 Å². The fourth-order valence-electron chi connectivity index (χ4n) is 6.05. The minimum Gasteiger partial charge on any atom is -0.355 e. The minimum atomic E-state index is -1.97.